The summed E-state index contributed by atoms with van der Waals surface area (Å²) in [6.07, 6.45) is 3.62. The van der Waals surface area contributed by atoms with Crippen LogP contribution < -0.4 is 20.1 Å². The van der Waals surface area contributed by atoms with Crippen LogP contribution in [0.2, 0.25) is 0 Å². The van der Waals surface area contributed by atoms with Crippen LogP contribution in [0, 0.1) is 0 Å². The van der Waals surface area contributed by atoms with Crippen LogP contribution in [0.1, 0.15) is 36.0 Å². The Bertz CT molecular complexity index is 710. The molecule has 2 aliphatic rings. The van der Waals surface area contributed by atoms with Gasteiger partial charge in [0, 0.05) is 24.2 Å². The molecule has 1 aromatic rings. The molecule has 1 atom stereocenters. The predicted octanol–water partition coefficient (Wildman–Crippen LogP) is 0.618. The summed E-state index contributed by atoms with van der Waals surface area (Å²) in [5, 5.41) is 6.18. The highest BCUT2D eigenvalue weighted by molar-refractivity contribution is 7.89. The molecule has 0 radical (unpaired) electrons. The monoisotopic (exact) mass is 353 g/mol. The van der Waals surface area contributed by atoms with Crippen molar-refractivity contribution in [2.75, 3.05) is 20.2 Å². The van der Waals surface area contributed by atoms with Crippen LogP contribution in [0.4, 0.5) is 0 Å². The van der Waals surface area contributed by atoms with Crippen molar-refractivity contribution in [3.05, 3.63) is 23.8 Å². The number of benzene rings is 1. The normalized spacial score (nSPS) is 21.3. The number of carbonyl (C=O) groups excluding carboxylic acids is 1. The zero-order valence-electron chi connectivity index (χ0n) is 13.7. The molecular formula is C16H23N3O4S. The van der Waals surface area contributed by atoms with E-state index < -0.39 is 10.0 Å². The molecule has 7 nitrogen and oxygen atoms in total. The predicted molar refractivity (Wildman–Crippen MR) is 89.7 cm³/mol. The molecule has 1 heterocycles. The molecule has 1 saturated carbocycles. The van der Waals surface area contributed by atoms with Gasteiger partial charge in [0.1, 0.15) is 10.6 Å². The van der Waals surface area contributed by atoms with Gasteiger partial charge in [-0.1, -0.05) is 0 Å². The summed E-state index contributed by atoms with van der Waals surface area (Å²) < 4.78 is 32.8. The number of carbonyl (C=O) groups is 1. The van der Waals surface area contributed by atoms with Gasteiger partial charge in [-0.2, -0.15) is 0 Å². The zero-order valence-corrected chi connectivity index (χ0v) is 14.5. The van der Waals surface area contributed by atoms with E-state index >= 15 is 0 Å². The van der Waals surface area contributed by atoms with Crippen LogP contribution in [-0.4, -0.2) is 46.6 Å². The van der Waals surface area contributed by atoms with E-state index in [0.29, 0.717) is 5.56 Å². The number of amides is 1. The summed E-state index contributed by atoms with van der Waals surface area (Å²) in [4.78, 5) is 12.4. The molecule has 1 aliphatic carbocycles. The first-order chi connectivity index (χ1) is 11.5. The van der Waals surface area contributed by atoms with Gasteiger partial charge in [0.25, 0.3) is 5.91 Å². The lowest BCUT2D eigenvalue weighted by molar-refractivity contribution is 0.0930. The summed E-state index contributed by atoms with van der Waals surface area (Å²) in [5.41, 5.74) is 0.317. The Morgan fingerprint density at radius 1 is 1.25 bits per heavy atom. The molecule has 0 spiro atoms. The molecule has 1 amide bonds. The number of piperidine rings is 1. The van der Waals surface area contributed by atoms with Crippen molar-refractivity contribution in [2.24, 2.45) is 0 Å². The fraction of sp³-hybridized carbons (Fsp3) is 0.562. The minimum atomic E-state index is -3.70. The SMILES string of the molecule is COc1ccc(C(=O)NC2CCCNC2)cc1S(=O)(=O)NC1CC1. The molecule has 0 bridgehead atoms. The smallest absolute Gasteiger partial charge is 0.251 e. The van der Waals surface area contributed by atoms with Crippen molar-refractivity contribution in [2.45, 2.75) is 42.7 Å². The highest BCUT2D eigenvalue weighted by atomic mass is 32.2. The Balaban J connectivity index is 1.81. The number of sulfonamides is 1. The van der Waals surface area contributed by atoms with Crippen LogP contribution in [0.5, 0.6) is 5.75 Å². The van der Waals surface area contributed by atoms with E-state index in [4.69, 9.17) is 4.74 Å². The molecule has 1 aromatic carbocycles. The Kier molecular flexibility index (Phi) is 5.07. The van der Waals surface area contributed by atoms with Crippen LogP contribution in [0.15, 0.2) is 23.1 Å². The third-order valence-corrected chi connectivity index (χ3v) is 5.79. The summed E-state index contributed by atoms with van der Waals surface area (Å²) >= 11 is 0. The van der Waals surface area contributed by atoms with Crippen molar-refractivity contribution < 1.29 is 17.9 Å². The second-order valence-electron chi connectivity index (χ2n) is 6.28. The average molecular weight is 353 g/mol. The standard InChI is InChI=1S/C16H23N3O4S/c1-23-14-7-4-11(16(20)18-13-3-2-8-17-10-13)9-15(14)24(21,22)19-12-5-6-12/h4,7,9,12-13,17,19H,2-3,5-6,8,10H2,1H3,(H,18,20). The van der Waals surface area contributed by atoms with E-state index in [1.807, 2.05) is 0 Å². The Morgan fingerprint density at radius 3 is 2.67 bits per heavy atom. The van der Waals surface area contributed by atoms with Gasteiger partial charge in [-0.05, 0) is 50.4 Å². The quantitative estimate of drug-likeness (QED) is 0.697. The highest BCUT2D eigenvalue weighted by Crippen LogP contribution is 2.28. The fourth-order valence-electron chi connectivity index (χ4n) is 2.76. The molecule has 3 N–H and O–H groups in total. The van der Waals surface area contributed by atoms with Gasteiger partial charge in [0.05, 0.1) is 7.11 Å². The maximum Gasteiger partial charge on any atom is 0.251 e. The summed E-state index contributed by atoms with van der Waals surface area (Å²) in [6.45, 7) is 1.69. The number of hydrogen-bond donors (Lipinski definition) is 3. The summed E-state index contributed by atoms with van der Waals surface area (Å²) in [6, 6.07) is 4.55. The lowest BCUT2D eigenvalue weighted by Crippen LogP contribution is -2.45. The summed E-state index contributed by atoms with van der Waals surface area (Å²) in [5.74, 6) is -0.0340. The van der Waals surface area contributed by atoms with E-state index in [1.165, 1.54) is 19.2 Å². The largest absolute Gasteiger partial charge is 0.495 e. The second-order valence-corrected chi connectivity index (χ2v) is 7.96. The van der Waals surface area contributed by atoms with Gasteiger partial charge in [-0.3, -0.25) is 4.79 Å². The lowest BCUT2D eigenvalue weighted by Gasteiger charge is -2.24. The van der Waals surface area contributed by atoms with Gasteiger partial charge in [-0.25, -0.2) is 13.1 Å². The van der Waals surface area contributed by atoms with Crippen LogP contribution in [0.3, 0.4) is 0 Å². The summed E-state index contributed by atoms with van der Waals surface area (Å²) in [7, 11) is -2.28. The molecule has 3 rings (SSSR count). The second kappa shape index (κ2) is 7.08. The third-order valence-electron chi connectivity index (χ3n) is 4.25. The topological polar surface area (TPSA) is 96.5 Å². The van der Waals surface area contributed by atoms with Crippen LogP contribution >= 0.6 is 0 Å². The molecule has 1 saturated heterocycles. The molecule has 0 aromatic heterocycles. The zero-order chi connectivity index (χ0) is 17.2. The average Bonchev–Trinajstić information content (AvgIpc) is 3.38. The van der Waals surface area contributed by atoms with Crippen molar-refractivity contribution in [1.29, 1.82) is 0 Å². The first-order valence-corrected chi connectivity index (χ1v) is 9.70. The lowest BCUT2D eigenvalue weighted by atomic mass is 10.1. The van der Waals surface area contributed by atoms with E-state index in [-0.39, 0.29) is 28.6 Å². The number of nitrogens with one attached hydrogen (secondary N) is 3. The molecule has 24 heavy (non-hydrogen) atoms. The van der Waals surface area contributed by atoms with Crippen molar-refractivity contribution in [1.82, 2.24) is 15.4 Å². The number of ether oxygens (including phenoxy) is 1. The fourth-order valence-corrected chi connectivity index (χ4v) is 4.26. The van der Waals surface area contributed by atoms with Crippen molar-refractivity contribution >= 4 is 15.9 Å². The van der Waals surface area contributed by atoms with E-state index in [2.05, 4.69) is 15.4 Å². The van der Waals surface area contributed by atoms with E-state index in [9.17, 15) is 13.2 Å². The van der Waals surface area contributed by atoms with Gasteiger partial charge >= 0.3 is 0 Å². The van der Waals surface area contributed by atoms with Crippen LogP contribution in [-0.2, 0) is 10.0 Å². The van der Waals surface area contributed by atoms with E-state index in [0.717, 1.165) is 38.8 Å². The van der Waals surface area contributed by atoms with Crippen molar-refractivity contribution in [3.8, 4) is 5.75 Å². The Labute approximate surface area is 142 Å². The molecule has 1 unspecified atom stereocenters. The number of methoxy groups -OCH3 is 1. The molecule has 8 heteroatoms. The molecule has 2 fully saturated rings. The number of hydrogen-bond acceptors (Lipinski definition) is 5. The van der Waals surface area contributed by atoms with Gasteiger partial charge < -0.3 is 15.4 Å². The molecule has 132 valence electrons. The molecular weight excluding hydrogens is 330 g/mol. The Hall–Kier alpha value is -1.64. The maximum atomic E-state index is 12.5. The van der Waals surface area contributed by atoms with Crippen LogP contribution in [0.25, 0.3) is 0 Å². The third kappa shape index (κ3) is 4.06. The van der Waals surface area contributed by atoms with Gasteiger partial charge in [0.15, 0.2) is 0 Å². The Morgan fingerprint density at radius 2 is 2.04 bits per heavy atom. The van der Waals surface area contributed by atoms with Gasteiger partial charge in [-0.15, -0.1) is 0 Å². The minimum Gasteiger partial charge on any atom is -0.495 e. The van der Waals surface area contributed by atoms with Gasteiger partial charge in [0.2, 0.25) is 10.0 Å². The highest BCUT2D eigenvalue weighted by Gasteiger charge is 2.30. The maximum absolute atomic E-state index is 12.5. The first kappa shape index (κ1) is 17.2. The minimum absolute atomic E-state index is 0.00585. The van der Waals surface area contributed by atoms with Crippen molar-refractivity contribution in [3.63, 3.8) is 0 Å². The molecule has 1 aliphatic heterocycles. The number of rotatable bonds is 6. The van der Waals surface area contributed by atoms with E-state index in [1.54, 1.807) is 6.07 Å². The first-order valence-electron chi connectivity index (χ1n) is 8.21.